The summed E-state index contributed by atoms with van der Waals surface area (Å²) in [7, 11) is 0. The van der Waals surface area contributed by atoms with Gasteiger partial charge in [-0.3, -0.25) is 9.59 Å². The SMILES string of the molecule is CCOC(=O)c1cc(-c2ccccc2)sc1NC(=O)[C@H](C)OC(=O)c1cc(=O)c2ccccc2o1. The van der Waals surface area contributed by atoms with Gasteiger partial charge in [-0.25, -0.2) is 9.59 Å². The molecule has 9 heteroatoms. The van der Waals surface area contributed by atoms with Crippen LogP contribution in [0.3, 0.4) is 0 Å². The molecule has 178 valence electrons. The van der Waals surface area contributed by atoms with Gasteiger partial charge in [0.1, 0.15) is 10.6 Å². The maximum atomic E-state index is 12.8. The number of carbonyl (C=O) groups is 3. The summed E-state index contributed by atoms with van der Waals surface area (Å²) >= 11 is 1.20. The number of ether oxygens (including phenoxy) is 2. The first kappa shape index (κ1) is 23.9. The van der Waals surface area contributed by atoms with Gasteiger partial charge in [-0.15, -0.1) is 11.3 Å². The summed E-state index contributed by atoms with van der Waals surface area (Å²) in [4.78, 5) is 50.8. The summed E-state index contributed by atoms with van der Waals surface area (Å²) in [5.41, 5.74) is 0.898. The molecule has 1 amide bonds. The molecule has 2 aromatic carbocycles. The molecule has 0 saturated heterocycles. The van der Waals surface area contributed by atoms with Crippen LogP contribution in [0.25, 0.3) is 21.4 Å². The molecule has 0 saturated carbocycles. The highest BCUT2D eigenvalue weighted by Crippen LogP contribution is 2.36. The molecule has 0 fully saturated rings. The number of hydrogen-bond donors (Lipinski definition) is 1. The highest BCUT2D eigenvalue weighted by molar-refractivity contribution is 7.20. The molecule has 0 radical (unpaired) electrons. The van der Waals surface area contributed by atoms with Crippen molar-refractivity contribution < 1.29 is 28.3 Å². The Morgan fingerprint density at radius 1 is 1.00 bits per heavy atom. The Hall–Kier alpha value is -4.24. The molecule has 2 heterocycles. The van der Waals surface area contributed by atoms with Gasteiger partial charge in [0.05, 0.1) is 17.6 Å². The predicted molar refractivity (Wildman–Crippen MR) is 132 cm³/mol. The second kappa shape index (κ2) is 10.4. The first-order chi connectivity index (χ1) is 16.9. The standard InChI is InChI=1S/C26H21NO7S/c1-3-32-25(30)18-13-22(16-9-5-4-6-10-16)35-24(18)27-23(29)15(2)33-26(31)21-14-19(28)17-11-7-8-12-20(17)34-21/h4-15H,3H2,1-2H3,(H,27,29)/t15-/m0/s1. The minimum atomic E-state index is -1.24. The van der Waals surface area contributed by atoms with Crippen LogP contribution in [0.4, 0.5) is 5.00 Å². The average Bonchev–Trinajstić information content (AvgIpc) is 3.28. The number of carbonyl (C=O) groups excluding carboxylic acids is 3. The summed E-state index contributed by atoms with van der Waals surface area (Å²) in [6, 6.07) is 18.5. The third kappa shape index (κ3) is 5.30. The van der Waals surface area contributed by atoms with Gasteiger partial charge in [0.25, 0.3) is 5.91 Å². The lowest BCUT2D eigenvalue weighted by Crippen LogP contribution is -2.30. The van der Waals surface area contributed by atoms with E-state index in [2.05, 4.69) is 5.32 Å². The Labute approximate surface area is 204 Å². The van der Waals surface area contributed by atoms with E-state index in [0.717, 1.165) is 16.5 Å². The van der Waals surface area contributed by atoms with E-state index in [1.165, 1.54) is 18.3 Å². The van der Waals surface area contributed by atoms with Crippen LogP contribution in [-0.2, 0) is 14.3 Å². The first-order valence-electron chi connectivity index (χ1n) is 10.8. The largest absolute Gasteiger partial charge is 0.462 e. The lowest BCUT2D eigenvalue weighted by Gasteiger charge is -2.13. The highest BCUT2D eigenvalue weighted by atomic mass is 32.1. The van der Waals surface area contributed by atoms with Gasteiger partial charge in [-0.2, -0.15) is 0 Å². The van der Waals surface area contributed by atoms with E-state index in [1.54, 1.807) is 37.3 Å². The molecule has 1 atom stereocenters. The lowest BCUT2D eigenvalue weighted by molar-refractivity contribution is -0.123. The molecule has 8 nitrogen and oxygen atoms in total. The molecular formula is C26H21NO7S. The van der Waals surface area contributed by atoms with Crippen molar-refractivity contribution in [3.63, 3.8) is 0 Å². The van der Waals surface area contributed by atoms with E-state index in [9.17, 15) is 19.2 Å². The summed E-state index contributed by atoms with van der Waals surface area (Å²) in [6.07, 6.45) is -1.24. The molecule has 4 rings (SSSR count). The zero-order valence-electron chi connectivity index (χ0n) is 18.9. The third-order valence-electron chi connectivity index (χ3n) is 5.01. The second-order valence-electron chi connectivity index (χ2n) is 7.45. The van der Waals surface area contributed by atoms with Crippen LogP contribution in [0.1, 0.15) is 34.8 Å². The number of para-hydroxylation sites is 1. The molecule has 35 heavy (non-hydrogen) atoms. The Balaban J connectivity index is 1.53. The third-order valence-corrected chi connectivity index (χ3v) is 6.11. The predicted octanol–water partition coefficient (Wildman–Crippen LogP) is 4.88. The molecule has 0 aliphatic rings. The van der Waals surface area contributed by atoms with Crippen molar-refractivity contribution in [3.05, 3.63) is 88.3 Å². The van der Waals surface area contributed by atoms with Crippen LogP contribution in [0.15, 0.2) is 75.9 Å². The van der Waals surface area contributed by atoms with Gasteiger partial charge in [-0.1, -0.05) is 42.5 Å². The van der Waals surface area contributed by atoms with Crippen LogP contribution in [-0.4, -0.2) is 30.6 Å². The van der Waals surface area contributed by atoms with E-state index >= 15 is 0 Å². The smallest absolute Gasteiger partial charge is 0.375 e. The molecule has 1 N–H and O–H groups in total. The molecule has 0 bridgehead atoms. The quantitative estimate of drug-likeness (QED) is 0.367. The fraction of sp³-hybridized carbons (Fsp3) is 0.154. The highest BCUT2D eigenvalue weighted by Gasteiger charge is 2.25. The minimum Gasteiger partial charge on any atom is -0.462 e. The number of rotatable bonds is 7. The molecule has 0 spiro atoms. The number of hydrogen-bond acceptors (Lipinski definition) is 8. The summed E-state index contributed by atoms with van der Waals surface area (Å²) in [5, 5.41) is 3.24. The van der Waals surface area contributed by atoms with Crippen molar-refractivity contribution in [1.82, 2.24) is 0 Å². The topological polar surface area (TPSA) is 112 Å². The number of fused-ring (bicyclic) bond motifs is 1. The average molecular weight is 492 g/mol. The summed E-state index contributed by atoms with van der Waals surface area (Å²) in [5.74, 6) is -2.52. The summed E-state index contributed by atoms with van der Waals surface area (Å²) in [6.45, 7) is 3.24. The molecule has 4 aromatic rings. The van der Waals surface area contributed by atoms with Crippen molar-refractivity contribution in [2.24, 2.45) is 0 Å². The number of anilines is 1. The minimum absolute atomic E-state index is 0.174. The van der Waals surface area contributed by atoms with Crippen LogP contribution >= 0.6 is 11.3 Å². The van der Waals surface area contributed by atoms with Crippen LogP contribution in [0.5, 0.6) is 0 Å². The van der Waals surface area contributed by atoms with Crippen molar-refractivity contribution in [2.45, 2.75) is 20.0 Å². The van der Waals surface area contributed by atoms with E-state index in [0.29, 0.717) is 5.39 Å². The van der Waals surface area contributed by atoms with Crippen molar-refractivity contribution in [2.75, 3.05) is 11.9 Å². The Morgan fingerprint density at radius 2 is 1.71 bits per heavy atom. The van der Waals surface area contributed by atoms with Crippen LogP contribution in [0.2, 0.25) is 0 Å². The van der Waals surface area contributed by atoms with Gasteiger partial charge in [-0.05, 0) is 37.6 Å². The molecule has 0 aliphatic heterocycles. The van der Waals surface area contributed by atoms with E-state index in [1.807, 2.05) is 30.3 Å². The zero-order chi connectivity index (χ0) is 24.9. The van der Waals surface area contributed by atoms with Crippen molar-refractivity contribution in [3.8, 4) is 10.4 Å². The Bertz CT molecular complexity index is 1460. The second-order valence-corrected chi connectivity index (χ2v) is 8.50. The van der Waals surface area contributed by atoms with Crippen molar-refractivity contribution in [1.29, 1.82) is 0 Å². The van der Waals surface area contributed by atoms with E-state index in [-0.39, 0.29) is 28.5 Å². The molecular weight excluding hydrogens is 470 g/mol. The Morgan fingerprint density at radius 3 is 2.46 bits per heavy atom. The van der Waals surface area contributed by atoms with Crippen molar-refractivity contribution >= 4 is 45.2 Å². The van der Waals surface area contributed by atoms with Gasteiger partial charge in [0.15, 0.2) is 11.5 Å². The van der Waals surface area contributed by atoms with Gasteiger partial charge < -0.3 is 19.2 Å². The van der Waals surface area contributed by atoms with Gasteiger partial charge in [0.2, 0.25) is 5.76 Å². The molecule has 0 aliphatic carbocycles. The molecule has 0 unspecified atom stereocenters. The fourth-order valence-electron chi connectivity index (χ4n) is 3.28. The zero-order valence-corrected chi connectivity index (χ0v) is 19.7. The first-order valence-corrected chi connectivity index (χ1v) is 11.6. The number of thiophene rings is 1. The Kier molecular flexibility index (Phi) is 7.07. The maximum Gasteiger partial charge on any atom is 0.375 e. The van der Waals surface area contributed by atoms with Gasteiger partial charge >= 0.3 is 11.9 Å². The number of nitrogens with one attached hydrogen (secondary N) is 1. The van der Waals surface area contributed by atoms with E-state index in [4.69, 9.17) is 13.9 Å². The lowest BCUT2D eigenvalue weighted by atomic mass is 10.1. The number of benzene rings is 2. The summed E-state index contributed by atoms with van der Waals surface area (Å²) < 4.78 is 15.8. The monoisotopic (exact) mass is 491 g/mol. The van der Waals surface area contributed by atoms with Crippen LogP contribution in [0, 0.1) is 0 Å². The van der Waals surface area contributed by atoms with E-state index < -0.39 is 29.4 Å². The number of esters is 2. The molecule has 2 aromatic heterocycles. The normalized spacial score (nSPS) is 11.6. The number of amides is 1. The fourth-order valence-corrected chi connectivity index (χ4v) is 4.33. The maximum absolute atomic E-state index is 12.8. The van der Waals surface area contributed by atoms with Crippen LogP contribution < -0.4 is 10.7 Å². The van der Waals surface area contributed by atoms with Gasteiger partial charge in [0, 0.05) is 10.9 Å².